The number of carboxylic acids is 1. The second-order valence-corrected chi connectivity index (χ2v) is 5.40. The molecule has 0 saturated heterocycles. The first kappa shape index (κ1) is 20.1. The second-order valence-electron chi connectivity index (χ2n) is 5.40. The molecule has 0 aliphatic carbocycles. The van der Waals surface area contributed by atoms with E-state index < -0.39 is 35.7 Å². The zero-order valence-corrected chi connectivity index (χ0v) is 14.2. The zero-order chi connectivity index (χ0) is 18.8. The SMILES string of the molecule is CCOC(=O)[C@H](C)C[C@H](NC(=O)CNC(=O)c1ccccc1)C(=O)O. The first-order chi connectivity index (χ1) is 11.8. The summed E-state index contributed by atoms with van der Waals surface area (Å²) in [5.74, 6) is -3.57. The molecule has 0 fully saturated rings. The molecule has 8 heteroatoms. The molecule has 2 atom stereocenters. The van der Waals surface area contributed by atoms with Crippen LogP contribution in [0.4, 0.5) is 0 Å². The van der Waals surface area contributed by atoms with Crippen LogP contribution in [0.3, 0.4) is 0 Å². The number of carboxylic acid groups (broad SMARTS) is 1. The maximum absolute atomic E-state index is 11.9. The van der Waals surface area contributed by atoms with Gasteiger partial charge in [-0.3, -0.25) is 14.4 Å². The van der Waals surface area contributed by atoms with Crippen molar-refractivity contribution in [1.82, 2.24) is 10.6 Å². The van der Waals surface area contributed by atoms with Crippen molar-refractivity contribution in [2.45, 2.75) is 26.3 Å². The van der Waals surface area contributed by atoms with Crippen LogP contribution < -0.4 is 10.6 Å². The fourth-order valence-corrected chi connectivity index (χ4v) is 2.05. The summed E-state index contributed by atoms with van der Waals surface area (Å²) < 4.78 is 4.82. The number of benzene rings is 1. The Morgan fingerprint density at radius 3 is 2.36 bits per heavy atom. The molecule has 0 saturated carbocycles. The van der Waals surface area contributed by atoms with E-state index in [9.17, 15) is 24.3 Å². The molecule has 8 nitrogen and oxygen atoms in total. The van der Waals surface area contributed by atoms with Crippen molar-refractivity contribution in [3.8, 4) is 0 Å². The van der Waals surface area contributed by atoms with E-state index in [1.54, 1.807) is 37.3 Å². The van der Waals surface area contributed by atoms with Gasteiger partial charge in [-0.15, -0.1) is 0 Å². The number of carbonyl (C=O) groups is 4. The fraction of sp³-hybridized carbons (Fsp3) is 0.412. The molecule has 2 amide bonds. The lowest BCUT2D eigenvalue weighted by molar-refractivity contribution is -0.149. The smallest absolute Gasteiger partial charge is 0.326 e. The van der Waals surface area contributed by atoms with Crippen LogP contribution in [0.15, 0.2) is 30.3 Å². The average molecular weight is 350 g/mol. The van der Waals surface area contributed by atoms with Gasteiger partial charge in [0.15, 0.2) is 0 Å². The lowest BCUT2D eigenvalue weighted by Crippen LogP contribution is -2.46. The third kappa shape index (κ3) is 7.03. The standard InChI is InChI=1S/C17H22N2O6/c1-3-25-17(24)11(2)9-13(16(22)23)19-14(20)10-18-15(21)12-7-5-4-6-8-12/h4-8,11,13H,3,9-10H2,1-2H3,(H,18,21)(H,19,20)(H,22,23)/t11-,13+/m1/s1. The predicted octanol–water partition coefficient (Wildman–Crippen LogP) is 0.575. The molecule has 1 rings (SSSR count). The van der Waals surface area contributed by atoms with Gasteiger partial charge < -0.3 is 20.5 Å². The Hall–Kier alpha value is -2.90. The van der Waals surface area contributed by atoms with Crippen molar-refractivity contribution in [1.29, 1.82) is 0 Å². The van der Waals surface area contributed by atoms with E-state index in [0.29, 0.717) is 5.56 Å². The van der Waals surface area contributed by atoms with Crippen LogP contribution in [0.25, 0.3) is 0 Å². The highest BCUT2D eigenvalue weighted by molar-refractivity contribution is 5.96. The van der Waals surface area contributed by atoms with Crippen LogP contribution in [0, 0.1) is 5.92 Å². The van der Waals surface area contributed by atoms with Crippen molar-refractivity contribution in [2.75, 3.05) is 13.2 Å². The van der Waals surface area contributed by atoms with Crippen LogP contribution in [0.5, 0.6) is 0 Å². The van der Waals surface area contributed by atoms with Gasteiger partial charge in [0, 0.05) is 5.56 Å². The van der Waals surface area contributed by atoms with Crippen LogP contribution >= 0.6 is 0 Å². The van der Waals surface area contributed by atoms with Gasteiger partial charge in [-0.25, -0.2) is 4.79 Å². The molecule has 1 aromatic rings. The number of hydrogen-bond acceptors (Lipinski definition) is 5. The van der Waals surface area contributed by atoms with Gasteiger partial charge in [0.05, 0.1) is 19.1 Å². The molecular weight excluding hydrogens is 328 g/mol. The Morgan fingerprint density at radius 2 is 1.80 bits per heavy atom. The van der Waals surface area contributed by atoms with Crippen molar-refractivity contribution in [3.05, 3.63) is 35.9 Å². The Labute approximate surface area is 145 Å². The Kier molecular flexibility index (Phi) is 8.11. The summed E-state index contributed by atoms with van der Waals surface area (Å²) in [6.07, 6.45) is -0.105. The number of hydrogen-bond donors (Lipinski definition) is 3. The molecule has 0 aromatic heterocycles. The maximum atomic E-state index is 11.9. The normalized spacial score (nSPS) is 12.6. The summed E-state index contributed by atoms with van der Waals surface area (Å²) in [7, 11) is 0. The Bertz CT molecular complexity index is 617. The fourth-order valence-electron chi connectivity index (χ4n) is 2.05. The van der Waals surface area contributed by atoms with Gasteiger partial charge in [-0.2, -0.15) is 0 Å². The number of rotatable bonds is 9. The van der Waals surface area contributed by atoms with Gasteiger partial charge in [-0.05, 0) is 25.5 Å². The molecule has 0 unspecified atom stereocenters. The van der Waals surface area contributed by atoms with E-state index in [-0.39, 0.29) is 19.6 Å². The highest BCUT2D eigenvalue weighted by atomic mass is 16.5. The number of carbonyl (C=O) groups excluding carboxylic acids is 3. The second kappa shape index (κ2) is 10.1. The third-order valence-corrected chi connectivity index (χ3v) is 3.36. The van der Waals surface area contributed by atoms with Crippen LogP contribution in [0.1, 0.15) is 30.6 Å². The molecule has 136 valence electrons. The summed E-state index contributed by atoms with van der Waals surface area (Å²) >= 11 is 0. The minimum absolute atomic E-state index is 0.105. The molecule has 0 heterocycles. The maximum Gasteiger partial charge on any atom is 0.326 e. The highest BCUT2D eigenvalue weighted by Gasteiger charge is 2.26. The van der Waals surface area contributed by atoms with Gasteiger partial charge in [0.25, 0.3) is 5.91 Å². The lowest BCUT2D eigenvalue weighted by atomic mass is 10.0. The van der Waals surface area contributed by atoms with E-state index >= 15 is 0 Å². The molecule has 25 heavy (non-hydrogen) atoms. The van der Waals surface area contributed by atoms with Crippen molar-refractivity contribution < 1.29 is 29.0 Å². The van der Waals surface area contributed by atoms with Crippen molar-refractivity contribution in [3.63, 3.8) is 0 Å². The molecule has 0 bridgehead atoms. The first-order valence-corrected chi connectivity index (χ1v) is 7.87. The van der Waals surface area contributed by atoms with E-state index in [1.165, 1.54) is 6.92 Å². The van der Waals surface area contributed by atoms with E-state index in [2.05, 4.69) is 10.6 Å². The average Bonchev–Trinajstić information content (AvgIpc) is 2.59. The van der Waals surface area contributed by atoms with E-state index in [0.717, 1.165) is 0 Å². The number of aliphatic carboxylic acids is 1. The number of amides is 2. The molecule has 0 aliphatic rings. The van der Waals surface area contributed by atoms with Crippen molar-refractivity contribution >= 4 is 23.8 Å². The summed E-state index contributed by atoms with van der Waals surface area (Å²) in [5.41, 5.74) is 0.390. The van der Waals surface area contributed by atoms with Crippen LogP contribution in [-0.2, 0) is 19.1 Å². The monoisotopic (exact) mass is 350 g/mol. The molecule has 0 aliphatic heterocycles. The van der Waals surface area contributed by atoms with Gasteiger partial charge >= 0.3 is 11.9 Å². The largest absolute Gasteiger partial charge is 0.480 e. The number of esters is 1. The number of ether oxygens (including phenoxy) is 1. The summed E-state index contributed by atoms with van der Waals surface area (Å²) in [6.45, 7) is 3.00. The third-order valence-electron chi connectivity index (χ3n) is 3.36. The summed E-state index contributed by atoms with van der Waals surface area (Å²) in [4.78, 5) is 46.5. The molecular formula is C17H22N2O6. The quantitative estimate of drug-likeness (QED) is 0.560. The minimum Gasteiger partial charge on any atom is -0.480 e. The summed E-state index contributed by atoms with van der Waals surface area (Å²) in [5, 5.41) is 13.9. The van der Waals surface area contributed by atoms with Gasteiger partial charge in [0.1, 0.15) is 6.04 Å². The predicted molar refractivity (Wildman–Crippen MR) is 88.8 cm³/mol. The summed E-state index contributed by atoms with van der Waals surface area (Å²) in [6, 6.07) is 7.06. The molecule has 0 radical (unpaired) electrons. The van der Waals surface area contributed by atoms with Crippen LogP contribution in [-0.4, -0.2) is 48.1 Å². The Morgan fingerprint density at radius 1 is 1.16 bits per heavy atom. The van der Waals surface area contributed by atoms with Gasteiger partial charge in [0.2, 0.25) is 5.91 Å². The molecule has 1 aromatic carbocycles. The lowest BCUT2D eigenvalue weighted by Gasteiger charge is -2.18. The van der Waals surface area contributed by atoms with Gasteiger partial charge in [-0.1, -0.05) is 25.1 Å². The molecule has 0 spiro atoms. The number of nitrogens with one attached hydrogen (secondary N) is 2. The minimum atomic E-state index is -1.26. The van der Waals surface area contributed by atoms with Crippen molar-refractivity contribution in [2.24, 2.45) is 5.92 Å². The first-order valence-electron chi connectivity index (χ1n) is 7.87. The Balaban J connectivity index is 2.52. The topological polar surface area (TPSA) is 122 Å². The molecule has 3 N–H and O–H groups in total. The van der Waals surface area contributed by atoms with Crippen LogP contribution in [0.2, 0.25) is 0 Å². The highest BCUT2D eigenvalue weighted by Crippen LogP contribution is 2.09. The van der Waals surface area contributed by atoms with E-state index in [4.69, 9.17) is 4.74 Å². The van der Waals surface area contributed by atoms with E-state index in [1.807, 2.05) is 0 Å². The zero-order valence-electron chi connectivity index (χ0n) is 14.2.